The number of carbonyl (C=O) groups excluding carboxylic acids is 1. The molecule has 0 aliphatic carbocycles. The molecule has 2 aliphatic heterocycles. The molecule has 2 aliphatic rings. The van der Waals surface area contributed by atoms with Crippen molar-refractivity contribution < 1.29 is 14.3 Å². The standard InChI is InChI=1S/C20H25N3O3S/c1-15-4-13-27-19(15)20(24)21-17-3-2-16(22-5-9-25-10-6-22)14-18(17)23-7-11-26-12-8-23/h2-4,13-14H,5-12H2,1H3,(H,21,24). The fourth-order valence-electron chi connectivity index (χ4n) is 3.49. The van der Waals surface area contributed by atoms with E-state index in [4.69, 9.17) is 9.47 Å². The third-order valence-electron chi connectivity index (χ3n) is 5.03. The summed E-state index contributed by atoms with van der Waals surface area (Å²) < 4.78 is 11.0. The number of morpholine rings is 2. The maximum absolute atomic E-state index is 12.7. The molecule has 0 bridgehead atoms. The van der Waals surface area contributed by atoms with Crippen LogP contribution >= 0.6 is 11.3 Å². The molecule has 3 heterocycles. The van der Waals surface area contributed by atoms with E-state index in [9.17, 15) is 4.79 Å². The lowest BCUT2D eigenvalue weighted by Crippen LogP contribution is -2.38. The van der Waals surface area contributed by atoms with Gasteiger partial charge in [0.05, 0.1) is 42.7 Å². The first-order valence-electron chi connectivity index (χ1n) is 9.37. The quantitative estimate of drug-likeness (QED) is 0.874. The second-order valence-electron chi connectivity index (χ2n) is 6.79. The van der Waals surface area contributed by atoms with E-state index in [1.54, 1.807) is 0 Å². The zero-order valence-electron chi connectivity index (χ0n) is 15.6. The summed E-state index contributed by atoms with van der Waals surface area (Å²) in [5.41, 5.74) is 4.09. The van der Waals surface area contributed by atoms with E-state index >= 15 is 0 Å². The summed E-state index contributed by atoms with van der Waals surface area (Å²) in [5.74, 6) is -0.0452. The summed E-state index contributed by atoms with van der Waals surface area (Å²) in [5, 5.41) is 5.08. The molecule has 144 valence electrons. The Morgan fingerprint density at radius 2 is 1.67 bits per heavy atom. The van der Waals surface area contributed by atoms with Crippen LogP contribution in [0, 0.1) is 6.92 Å². The van der Waals surface area contributed by atoms with Gasteiger partial charge >= 0.3 is 0 Å². The predicted octanol–water partition coefficient (Wildman–Crippen LogP) is 2.98. The van der Waals surface area contributed by atoms with Gasteiger partial charge in [-0.1, -0.05) is 0 Å². The minimum absolute atomic E-state index is 0.0452. The van der Waals surface area contributed by atoms with Crippen molar-refractivity contribution >= 4 is 34.3 Å². The average Bonchev–Trinajstić information content (AvgIpc) is 3.16. The van der Waals surface area contributed by atoms with Crippen molar-refractivity contribution in [3.63, 3.8) is 0 Å². The van der Waals surface area contributed by atoms with Gasteiger partial charge in [-0.3, -0.25) is 4.79 Å². The number of hydrogen-bond donors (Lipinski definition) is 1. The highest BCUT2D eigenvalue weighted by Crippen LogP contribution is 2.33. The van der Waals surface area contributed by atoms with Gasteiger partial charge in [-0.25, -0.2) is 0 Å². The molecule has 0 atom stereocenters. The van der Waals surface area contributed by atoms with E-state index in [2.05, 4.69) is 27.2 Å². The van der Waals surface area contributed by atoms with Gasteiger partial charge in [-0.05, 0) is 42.1 Å². The molecule has 2 aromatic rings. The largest absolute Gasteiger partial charge is 0.378 e. The van der Waals surface area contributed by atoms with E-state index in [-0.39, 0.29) is 5.91 Å². The van der Waals surface area contributed by atoms with Crippen LogP contribution in [0.1, 0.15) is 15.2 Å². The fraction of sp³-hybridized carbons (Fsp3) is 0.450. The highest BCUT2D eigenvalue weighted by atomic mass is 32.1. The van der Waals surface area contributed by atoms with E-state index in [1.807, 2.05) is 24.4 Å². The summed E-state index contributed by atoms with van der Waals surface area (Å²) in [6.07, 6.45) is 0. The maximum Gasteiger partial charge on any atom is 0.266 e. The second-order valence-corrected chi connectivity index (χ2v) is 7.70. The molecule has 0 spiro atoms. The Labute approximate surface area is 163 Å². The van der Waals surface area contributed by atoms with Crippen molar-refractivity contribution in [2.45, 2.75) is 6.92 Å². The third-order valence-corrected chi connectivity index (χ3v) is 6.04. The Balaban J connectivity index is 1.62. The van der Waals surface area contributed by atoms with Crippen LogP contribution in [0.25, 0.3) is 0 Å². The van der Waals surface area contributed by atoms with Crippen LogP contribution in [-0.4, -0.2) is 58.5 Å². The molecule has 2 fully saturated rings. The molecule has 6 nitrogen and oxygen atoms in total. The Morgan fingerprint density at radius 1 is 1.00 bits per heavy atom. The number of nitrogens with zero attached hydrogens (tertiary/aromatic N) is 2. The van der Waals surface area contributed by atoms with Crippen LogP contribution in [0.15, 0.2) is 29.6 Å². The van der Waals surface area contributed by atoms with Crippen molar-refractivity contribution in [2.75, 3.05) is 67.7 Å². The molecule has 0 radical (unpaired) electrons. The van der Waals surface area contributed by atoms with Crippen molar-refractivity contribution in [3.05, 3.63) is 40.1 Å². The summed E-state index contributed by atoms with van der Waals surface area (Å²) in [7, 11) is 0. The van der Waals surface area contributed by atoms with E-state index in [0.717, 1.165) is 61.2 Å². The van der Waals surface area contributed by atoms with E-state index in [0.29, 0.717) is 13.2 Å². The third kappa shape index (κ3) is 4.10. The number of anilines is 3. The highest BCUT2D eigenvalue weighted by Gasteiger charge is 2.20. The smallest absolute Gasteiger partial charge is 0.266 e. The normalized spacial score (nSPS) is 17.8. The first-order valence-corrected chi connectivity index (χ1v) is 10.3. The van der Waals surface area contributed by atoms with Crippen LogP contribution < -0.4 is 15.1 Å². The van der Waals surface area contributed by atoms with Crippen LogP contribution in [0.3, 0.4) is 0 Å². The molecular formula is C20H25N3O3S. The van der Waals surface area contributed by atoms with Crippen LogP contribution in [0.2, 0.25) is 0 Å². The number of ether oxygens (including phenoxy) is 2. The number of hydrogen-bond acceptors (Lipinski definition) is 6. The molecule has 1 aromatic carbocycles. The van der Waals surface area contributed by atoms with Gasteiger partial charge in [0.1, 0.15) is 0 Å². The molecule has 7 heteroatoms. The minimum Gasteiger partial charge on any atom is -0.378 e. The average molecular weight is 388 g/mol. The summed E-state index contributed by atoms with van der Waals surface area (Å²) in [4.78, 5) is 18.1. The Hall–Kier alpha value is -2.09. The van der Waals surface area contributed by atoms with Gasteiger partial charge < -0.3 is 24.6 Å². The van der Waals surface area contributed by atoms with Gasteiger partial charge in [0, 0.05) is 31.9 Å². The summed E-state index contributed by atoms with van der Waals surface area (Å²) >= 11 is 1.48. The van der Waals surface area contributed by atoms with Crippen LogP contribution in [0.5, 0.6) is 0 Å². The highest BCUT2D eigenvalue weighted by molar-refractivity contribution is 7.12. The first kappa shape index (κ1) is 18.3. The van der Waals surface area contributed by atoms with Gasteiger partial charge in [-0.15, -0.1) is 11.3 Å². The van der Waals surface area contributed by atoms with E-state index in [1.165, 1.54) is 17.0 Å². The summed E-state index contributed by atoms with van der Waals surface area (Å²) in [6.45, 7) is 8.33. The fourth-order valence-corrected chi connectivity index (χ4v) is 4.31. The molecule has 1 N–H and O–H groups in total. The lowest BCUT2D eigenvalue weighted by Gasteiger charge is -2.33. The predicted molar refractivity (Wildman–Crippen MR) is 110 cm³/mol. The molecule has 2 saturated heterocycles. The topological polar surface area (TPSA) is 54.0 Å². The minimum atomic E-state index is -0.0452. The zero-order chi connectivity index (χ0) is 18.6. The van der Waals surface area contributed by atoms with Gasteiger partial charge in [0.15, 0.2) is 0 Å². The molecule has 27 heavy (non-hydrogen) atoms. The number of carbonyl (C=O) groups is 1. The van der Waals surface area contributed by atoms with Crippen molar-refractivity contribution in [2.24, 2.45) is 0 Å². The van der Waals surface area contributed by atoms with Gasteiger partial charge in [-0.2, -0.15) is 0 Å². The SMILES string of the molecule is Cc1ccsc1C(=O)Nc1ccc(N2CCOCC2)cc1N1CCOCC1. The summed E-state index contributed by atoms with van der Waals surface area (Å²) in [6, 6.07) is 8.28. The molecule has 4 rings (SSSR count). The van der Waals surface area contributed by atoms with Gasteiger partial charge in [0.2, 0.25) is 0 Å². The molecule has 0 unspecified atom stereocenters. The monoisotopic (exact) mass is 387 g/mol. The maximum atomic E-state index is 12.7. The van der Waals surface area contributed by atoms with Gasteiger partial charge in [0.25, 0.3) is 5.91 Å². The molecule has 0 saturated carbocycles. The molecule has 1 amide bonds. The number of rotatable bonds is 4. The van der Waals surface area contributed by atoms with Crippen molar-refractivity contribution in [3.8, 4) is 0 Å². The second kappa shape index (κ2) is 8.29. The number of benzene rings is 1. The molecule has 1 aromatic heterocycles. The number of aryl methyl sites for hydroxylation is 1. The number of amides is 1. The van der Waals surface area contributed by atoms with E-state index < -0.39 is 0 Å². The van der Waals surface area contributed by atoms with Crippen LogP contribution in [0.4, 0.5) is 17.1 Å². The Bertz CT molecular complexity index is 796. The lowest BCUT2D eigenvalue weighted by atomic mass is 10.1. The zero-order valence-corrected chi connectivity index (χ0v) is 16.4. The lowest BCUT2D eigenvalue weighted by molar-refractivity contribution is 0.103. The van der Waals surface area contributed by atoms with Crippen LogP contribution in [-0.2, 0) is 9.47 Å². The first-order chi connectivity index (χ1) is 13.2. The van der Waals surface area contributed by atoms with Crippen molar-refractivity contribution in [1.29, 1.82) is 0 Å². The number of nitrogens with one attached hydrogen (secondary N) is 1. The molecular weight excluding hydrogens is 362 g/mol. The number of thiophene rings is 1. The van der Waals surface area contributed by atoms with Crippen molar-refractivity contribution in [1.82, 2.24) is 0 Å². The Morgan fingerprint density at radius 3 is 2.30 bits per heavy atom. The Kier molecular flexibility index (Phi) is 5.61.